The average molecular weight is 524 g/mol. The number of benzene rings is 3. The lowest BCUT2D eigenvalue weighted by Gasteiger charge is -2.42. The molecule has 5 atom stereocenters. The van der Waals surface area contributed by atoms with Crippen LogP contribution in [0.15, 0.2) is 78.9 Å². The van der Waals surface area contributed by atoms with Gasteiger partial charge in [-0.2, -0.15) is 0 Å². The number of carboxylic acids is 1. The van der Waals surface area contributed by atoms with Crippen LogP contribution in [0.5, 0.6) is 0 Å². The van der Waals surface area contributed by atoms with Crippen LogP contribution < -0.4 is 10.6 Å². The molecule has 2 aliphatic heterocycles. The molecule has 3 aliphatic rings. The summed E-state index contributed by atoms with van der Waals surface area (Å²) in [6, 6.07) is 24.7. The summed E-state index contributed by atoms with van der Waals surface area (Å²) < 4.78 is 0. The number of hydrogen-bond acceptors (Lipinski definition) is 4. The second kappa shape index (κ2) is 10.6. The number of fused-ring (bicyclic) bond motifs is 3. The Morgan fingerprint density at radius 3 is 2.31 bits per heavy atom. The van der Waals surface area contributed by atoms with Crippen molar-refractivity contribution >= 4 is 23.5 Å². The van der Waals surface area contributed by atoms with Crippen LogP contribution in [0.25, 0.3) is 0 Å². The van der Waals surface area contributed by atoms with Crippen molar-refractivity contribution in [2.24, 2.45) is 11.8 Å². The fourth-order valence-corrected chi connectivity index (χ4v) is 6.89. The van der Waals surface area contributed by atoms with E-state index in [2.05, 4.69) is 51.9 Å². The van der Waals surface area contributed by atoms with Crippen LogP contribution >= 0.6 is 0 Å². The molecule has 3 aromatic carbocycles. The van der Waals surface area contributed by atoms with Crippen LogP contribution in [-0.4, -0.2) is 40.4 Å². The van der Waals surface area contributed by atoms with E-state index in [1.54, 1.807) is 12.1 Å². The zero-order valence-corrected chi connectivity index (χ0v) is 21.8. The number of hydrogen-bond donors (Lipinski definition) is 3. The van der Waals surface area contributed by atoms with Gasteiger partial charge in [-0.15, -0.1) is 0 Å². The molecule has 7 heteroatoms. The number of nitrogens with zero attached hydrogens (tertiary/aromatic N) is 1. The Hall–Kier alpha value is -4.13. The van der Waals surface area contributed by atoms with E-state index < -0.39 is 11.9 Å². The number of amides is 2. The third kappa shape index (κ3) is 4.67. The molecule has 3 aromatic rings. The lowest BCUT2D eigenvalue weighted by atomic mass is 9.79. The zero-order chi connectivity index (χ0) is 26.9. The largest absolute Gasteiger partial charge is 0.478 e. The lowest BCUT2D eigenvalue weighted by Crippen LogP contribution is -2.50. The predicted octanol–water partition coefficient (Wildman–Crippen LogP) is 5.43. The summed E-state index contributed by atoms with van der Waals surface area (Å²) in [6.45, 7) is 0.673. The number of nitrogens with one attached hydrogen (secondary N) is 2. The van der Waals surface area contributed by atoms with Gasteiger partial charge in [-0.1, -0.05) is 73.5 Å². The predicted molar refractivity (Wildman–Crippen MR) is 148 cm³/mol. The van der Waals surface area contributed by atoms with Crippen molar-refractivity contribution in [3.63, 3.8) is 0 Å². The summed E-state index contributed by atoms with van der Waals surface area (Å²) in [4.78, 5) is 41.2. The minimum absolute atomic E-state index is 0.0330. The van der Waals surface area contributed by atoms with Crippen LogP contribution in [0.3, 0.4) is 0 Å². The van der Waals surface area contributed by atoms with Gasteiger partial charge in [0.15, 0.2) is 0 Å². The molecule has 0 unspecified atom stereocenters. The Morgan fingerprint density at radius 1 is 0.821 bits per heavy atom. The van der Waals surface area contributed by atoms with Gasteiger partial charge < -0.3 is 20.6 Å². The van der Waals surface area contributed by atoms with Crippen molar-refractivity contribution in [1.82, 2.24) is 10.2 Å². The first-order valence-corrected chi connectivity index (χ1v) is 13.9. The van der Waals surface area contributed by atoms with Crippen molar-refractivity contribution in [2.45, 2.75) is 50.2 Å². The molecule has 2 amide bonds. The van der Waals surface area contributed by atoms with E-state index in [-0.39, 0.29) is 47.0 Å². The maximum Gasteiger partial charge on any atom is 0.336 e. The molecule has 0 spiro atoms. The number of rotatable bonds is 5. The molecule has 1 saturated heterocycles. The average Bonchev–Trinajstić information content (AvgIpc) is 3.43. The fourth-order valence-electron chi connectivity index (χ4n) is 6.89. The topological polar surface area (TPSA) is 98.7 Å². The molecular weight excluding hydrogens is 490 g/mol. The number of aromatic carboxylic acids is 1. The standard InChI is InChI=1S/C32H33N3O4/c36-30(21-12-4-5-13-22(21)32(38)39)34-27-17-9-7-15-24(27)31(37)35-19-18-25-28(20-10-2-1-3-11-20)33-26-16-8-6-14-23(26)29(25)35/h1-6,8,10-14,16,24-25,27-29,33H,7,9,15,17-19H2,(H,34,36)(H,38,39)/t24-,25-,27+,28-,29-/m0/s1. The summed E-state index contributed by atoms with van der Waals surface area (Å²) in [7, 11) is 0. The molecule has 3 N–H and O–H groups in total. The van der Waals surface area contributed by atoms with E-state index in [1.807, 2.05) is 18.2 Å². The molecule has 0 radical (unpaired) electrons. The van der Waals surface area contributed by atoms with Crippen LogP contribution in [0, 0.1) is 11.8 Å². The number of carboxylic acid groups (broad SMARTS) is 1. The van der Waals surface area contributed by atoms with Gasteiger partial charge in [0.25, 0.3) is 5.91 Å². The fraction of sp³-hybridized carbons (Fsp3) is 0.344. The monoisotopic (exact) mass is 523 g/mol. The van der Waals surface area contributed by atoms with Crippen molar-refractivity contribution < 1.29 is 19.5 Å². The van der Waals surface area contributed by atoms with Gasteiger partial charge in [0.05, 0.1) is 29.1 Å². The van der Waals surface area contributed by atoms with Crippen molar-refractivity contribution in [1.29, 1.82) is 0 Å². The van der Waals surface area contributed by atoms with Crippen LogP contribution in [0.2, 0.25) is 0 Å². The van der Waals surface area contributed by atoms with Crippen molar-refractivity contribution in [3.8, 4) is 0 Å². The van der Waals surface area contributed by atoms with Gasteiger partial charge in [0, 0.05) is 24.2 Å². The molecule has 6 rings (SSSR count). The van der Waals surface area contributed by atoms with Crippen LogP contribution in [-0.2, 0) is 4.79 Å². The maximum absolute atomic E-state index is 14.3. The molecule has 1 saturated carbocycles. The normalized spacial score (nSPS) is 25.6. The molecule has 1 aliphatic carbocycles. The maximum atomic E-state index is 14.3. The van der Waals surface area contributed by atoms with E-state index in [9.17, 15) is 19.5 Å². The third-order valence-corrected chi connectivity index (χ3v) is 8.71. The second-order valence-corrected chi connectivity index (χ2v) is 10.9. The summed E-state index contributed by atoms with van der Waals surface area (Å²) in [6.07, 6.45) is 4.16. The van der Waals surface area contributed by atoms with Gasteiger partial charge in [0.2, 0.25) is 5.91 Å². The van der Waals surface area contributed by atoms with Gasteiger partial charge in [-0.25, -0.2) is 4.79 Å². The first-order valence-electron chi connectivity index (χ1n) is 13.9. The summed E-state index contributed by atoms with van der Waals surface area (Å²) in [5.74, 6) is -1.59. The van der Waals surface area contributed by atoms with Crippen molar-refractivity contribution in [3.05, 3.63) is 101 Å². The smallest absolute Gasteiger partial charge is 0.336 e. The van der Waals surface area contributed by atoms with E-state index in [0.717, 1.165) is 30.5 Å². The minimum Gasteiger partial charge on any atom is -0.478 e. The van der Waals surface area contributed by atoms with Gasteiger partial charge >= 0.3 is 5.97 Å². The SMILES string of the molecule is O=C(O)c1ccccc1C(=O)N[C@@H]1CCCC[C@@H]1C(=O)N1CC[C@H]2[C@H](c3ccccc3)Nc3ccccc3[C@@H]21. The lowest BCUT2D eigenvalue weighted by molar-refractivity contribution is -0.138. The highest BCUT2D eigenvalue weighted by atomic mass is 16.4. The molecule has 39 heavy (non-hydrogen) atoms. The minimum atomic E-state index is -1.14. The second-order valence-electron chi connectivity index (χ2n) is 10.9. The number of likely N-dealkylation sites (tertiary alicyclic amines) is 1. The quantitative estimate of drug-likeness (QED) is 0.414. The molecule has 0 aromatic heterocycles. The molecule has 7 nitrogen and oxygen atoms in total. The van der Waals surface area contributed by atoms with E-state index >= 15 is 0 Å². The molecule has 2 fully saturated rings. The number of anilines is 1. The Morgan fingerprint density at radius 2 is 1.51 bits per heavy atom. The molecular formula is C32H33N3O4. The summed E-state index contributed by atoms with van der Waals surface area (Å²) in [5.41, 5.74) is 3.52. The Labute approximate surface area is 228 Å². The van der Waals surface area contributed by atoms with E-state index in [0.29, 0.717) is 19.4 Å². The first-order chi connectivity index (χ1) is 19.0. The summed E-state index contributed by atoms with van der Waals surface area (Å²) >= 11 is 0. The molecule has 200 valence electrons. The highest BCUT2D eigenvalue weighted by Gasteiger charge is 2.48. The van der Waals surface area contributed by atoms with Gasteiger partial charge in [-0.3, -0.25) is 9.59 Å². The third-order valence-electron chi connectivity index (χ3n) is 8.71. The summed E-state index contributed by atoms with van der Waals surface area (Å²) in [5, 5.41) is 16.3. The number of carbonyl (C=O) groups excluding carboxylic acids is 2. The van der Waals surface area contributed by atoms with Gasteiger partial charge in [0.1, 0.15) is 0 Å². The Balaban J connectivity index is 1.27. The first kappa shape index (κ1) is 25.2. The Bertz CT molecular complexity index is 1390. The number of para-hydroxylation sites is 1. The van der Waals surface area contributed by atoms with E-state index in [4.69, 9.17) is 0 Å². The Kier molecular flexibility index (Phi) is 6.81. The van der Waals surface area contributed by atoms with Crippen LogP contribution in [0.4, 0.5) is 5.69 Å². The highest BCUT2D eigenvalue weighted by Crippen LogP contribution is 2.51. The van der Waals surface area contributed by atoms with Crippen LogP contribution in [0.1, 0.15) is 76.0 Å². The number of carbonyl (C=O) groups is 3. The van der Waals surface area contributed by atoms with Gasteiger partial charge in [-0.05, 0) is 48.6 Å². The van der Waals surface area contributed by atoms with E-state index in [1.165, 1.54) is 17.7 Å². The highest BCUT2D eigenvalue weighted by molar-refractivity contribution is 6.05. The molecule has 2 heterocycles. The van der Waals surface area contributed by atoms with Crippen molar-refractivity contribution in [2.75, 3.05) is 11.9 Å². The zero-order valence-electron chi connectivity index (χ0n) is 21.8. The molecule has 0 bridgehead atoms.